The smallest absolute Gasteiger partial charge is 0.260 e. The van der Waals surface area contributed by atoms with E-state index in [-0.39, 0.29) is 17.4 Å². The zero-order chi connectivity index (χ0) is 17.4. The minimum atomic E-state index is -0.242. The van der Waals surface area contributed by atoms with E-state index in [1.165, 1.54) is 18.5 Å². The molecule has 2 heterocycles. The number of aromatic amines is 1. The van der Waals surface area contributed by atoms with Crippen LogP contribution in [0.5, 0.6) is 5.75 Å². The minimum Gasteiger partial charge on any atom is -0.497 e. The van der Waals surface area contributed by atoms with E-state index in [1.807, 2.05) is 35.0 Å². The SMILES string of the molecule is COc1ccc(-c2cn(C3C=CC(F)=CC3)c3nc[nH]c(=O)c23)cc1. The summed E-state index contributed by atoms with van der Waals surface area (Å²) in [6.45, 7) is 0. The Morgan fingerprint density at radius 3 is 2.80 bits per heavy atom. The molecule has 1 aliphatic rings. The Morgan fingerprint density at radius 1 is 1.32 bits per heavy atom. The van der Waals surface area contributed by atoms with Crippen LogP contribution in [0, 0.1) is 0 Å². The Morgan fingerprint density at radius 2 is 2.12 bits per heavy atom. The molecule has 0 radical (unpaired) electrons. The van der Waals surface area contributed by atoms with Gasteiger partial charge in [0.1, 0.15) is 17.2 Å². The lowest BCUT2D eigenvalue weighted by atomic mass is 10.1. The number of benzene rings is 1. The van der Waals surface area contributed by atoms with Crippen molar-refractivity contribution in [2.45, 2.75) is 12.5 Å². The lowest BCUT2D eigenvalue weighted by Crippen LogP contribution is -2.10. The molecule has 0 fully saturated rings. The second kappa shape index (κ2) is 6.05. The molecule has 1 aliphatic carbocycles. The number of methoxy groups -OCH3 is 1. The second-order valence-corrected chi connectivity index (χ2v) is 5.86. The molecule has 0 amide bonds. The van der Waals surface area contributed by atoms with E-state index in [1.54, 1.807) is 13.2 Å². The fraction of sp³-hybridized carbons (Fsp3) is 0.158. The molecule has 3 aromatic rings. The number of hydrogen-bond acceptors (Lipinski definition) is 3. The first kappa shape index (κ1) is 15.4. The molecular formula is C19H16FN3O2. The van der Waals surface area contributed by atoms with Gasteiger partial charge in [-0.1, -0.05) is 18.2 Å². The standard InChI is InChI=1S/C19H16FN3O2/c1-25-15-8-2-12(3-9-15)16-10-23(14-6-4-13(20)5-7-14)18-17(16)19(24)22-11-21-18/h2-6,8-11,14H,7H2,1H3,(H,21,22,24). The Kier molecular flexibility index (Phi) is 3.72. The maximum atomic E-state index is 13.3. The second-order valence-electron chi connectivity index (χ2n) is 5.86. The first-order chi connectivity index (χ1) is 12.2. The van der Waals surface area contributed by atoms with Gasteiger partial charge in [0.2, 0.25) is 0 Å². The zero-order valence-corrected chi connectivity index (χ0v) is 13.6. The summed E-state index contributed by atoms with van der Waals surface area (Å²) in [7, 11) is 1.61. The fourth-order valence-corrected chi connectivity index (χ4v) is 3.13. The monoisotopic (exact) mass is 337 g/mol. The predicted molar refractivity (Wildman–Crippen MR) is 94.3 cm³/mol. The number of hydrogen-bond donors (Lipinski definition) is 1. The van der Waals surface area contributed by atoms with Crippen LogP contribution >= 0.6 is 0 Å². The highest BCUT2D eigenvalue weighted by atomic mass is 19.1. The summed E-state index contributed by atoms with van der Waals surface area (Å²) in [6.07, 6.45) is 8.58. The molecule has 0 spiro atoms. The van der Waals surface area contributed by atoms with Gasteiger partial charge in [0.05, 0.1) is 24.9 Å². The summed E-state index contributed by atoms with van der Waals surface area (Å²) < 4.78 is 20.4. The molecule has 5 nitrogen and oxygen atoms in total. The van der Waals surface area contributed by atoms with Gasteiger partial charge in [0.25, 0.3) is 5.56 Å². The Bertz CT molecular complexity index is 1040. The highest BCUT2D eigenvalue weighted by molar-refractivity contribution is 5.93. The number of ether oxygens (including phenoxy) is 1. The Labute approximate surface area is 143 Å². The average molecular weight is 337 g/mol. The van der Waals surface area contributed by atoms with E-state index in [4.69, 9.17) is 4.74 Å². The van der Waals surface area contributed by atoms with Crippen LogP contribution in [0.25, 0.3) is 22.2 Å². The van der Waals surface area contributed by atoms with Crippen molar-refractivity contribution in [3.05, 3.63) is 71.2 Å². The molecular weight excluding hydrogens is 321 g/mol. The number of halogens is 1. The largest absolute Gasteiger partial charge is 0.497 e. The van der Waals surface area contributed by atoms with Gasteiger partial charge >= 0.3 is 0 Å². The van der Waals surface area contributed by atoms with Gasteiger partial charge in [-0.05, 0) is 36.3 Å². The molecule has 6 heteroatoms. The Balaban J connectivity index is 1.90. The molecule has 25 heavy (non-hydrogen) atoms. The van der Waals surface area contributed by atoms with E-state index in [9.17, 15) is 9.18 Å². The number of H-pyrrole nitrogens is 1. The van der Waals surface area contributed by atoms with E-state index in [0.717, 1.165) is 16.9 Å². The summed E-state index contributed by atoms with van der Waals surface area (Å²) in [5.41, 5.74) is 2.07. The molecule has 0 saturated carbocycles. The third-order valence-corrected chi connectivity index (χ3v) is 4.41. The van der Waals surface area contributed by atoms with Crippen LogP contribution in [0.4, 0.5) is 4.39 Å². The number of aromatic nitrogens is 3. The van der Waals surface area contributed by atoms with Crippen LogP contribution in [0.1, 0.15) is 12.5 Å². The summed E-state index contributed by atoms with van der Waals surface area (Å²) in [5, 5.41) is 0.524. The van der Waals surface area contributed by atoms with Crippen LogP contribution in [0.15, 0.2) is 65.6 Å². The van der Waals surface area contributed by atoms with Gasteiger partial charge in [0.15, 0.2) is 0 Å². The minimum absolute atomic E-state index is 0.0803. The van der Waals surface area contributed by atoms with Crippen molar-refractivity contribution < 1.29 is 9.13 Å². The quantitative estimate of drug-likeness (QED) is 0.792. The van der Waals surface area contributed by atoms with Crippen LogP contribution in [-0.4, -0.2) is 21.6 Å². The molecule has 0 aliphatic heterocycles. The van der Waals surface area contributed by atoms with Gasteiger partial charge in [-0.2, -0.15) is 0 Å². The number of allylic oxidation sites excluding steroid dienone is 4. The average Bonchev–Trinajstić information content (AvgIpc) is 3.03. The number of nitrogens with zero attached hydrogens (tertiary/aromatic N) is 2. The van der Waals surface area contributed by atoms with Crippen LogP contribution in [0.2, 0.25) is 0 Å². The highest BCUT2D eigenvalue weighted by Gasteiger charge is 2.19. The molecule has 126 valence electrons. The molecule has 1 atom stereocenters. The summed E-state index contributed by atoms with van der Waals surface area (Å²) >= 11 is 0. The van der Waals surface area contributed by atoms with Crippen molar-refractivity contribution in [1.82, 2.24) is 14.5 Å². The van der Waals surface area contributed by atoms with Crippen molar-refractivity contribution in [1.29, 1.82) is 0 Å². The van der Waals surface area contributed by atoms with Gasteiger partial charge in [-0.3, -0.25) is 4.79 Å². The van der Waals surface area contributed by atoms with E-state index in [0.29, 0.717) is 17.5 Å². The van der Waals surface area contributed by atoms with Crippen LogP contribution < -0.4 is 10.3 Å². The maximum absolute atomic E-state index is 13.3. The zero-order valence-electron chi connectivity index (χ0n) is 13.6. The molecule has 4 rings (SSSR count). The lowest BCUT2D eigenvalue weighted by Gasteiger charge is -2.16. The van der Waals surface area contributed by atoms with Gasteiger partial charge < -0.3 is 14.3 Å². The highest BCUT2D eigenvalue weighted by Crippen LogP contribution is 2.33. The van der Waals surface area contributed by atoms with Crippen molar-refractivity contribution in [2.24, 2.45) is 0 Å². The van der Waals surface area contributed by atoms with Gasteiger partial charge in [0, 0.05) is 11.8 Å². The number of nitrogens with one attached hydrogen (secondary N) is 1. The molecule has 0 bridgehead atoms. The van der Waals surface area contributed by atoms with Gasteiger partial charge in [-0.15, -0.1) is 0 Å². The summed E-state index contributed by atoms with van der Waals surface area (Å²) in [4.78, 5) is 19.4. The van der Waals surface area contributed by atoms with Gasteiger partial charge in [-0.25, -0.2) is 9.37 Å². The molecule has 0 saturated heterocycles. The number of rotatable bonds is 3. The van der Waals surface area contributed by atoms with Crippen molar-refractivity contribution in [3.8, 4) is 16.9 Å². The van der Waals surface area contributed by atoms with Crippen molar-refractivity contribution in [3.63, 3.8) is 0 Å². The van der Waals surface area contributed by atoms with E-state index >= 15 is 0 Å². The third kappa shape index (κ3) is 2.65. The van der Waals surface area contributed by atoms with Crippen molar-refractivity contribution in [2.75, 3.05) is 7.11 Å². The first-order valence-electron chi connectivity index (χ1n) is 7.94. The molecule has 2 aromatic heterocycles. The van der Waals surface area contributed by atoms with E-state index < -0.39 is 0 Å². The summed E-state index contributed by atoms with van der Waals surface area (Å²) in [5.74, 6) is 0.504. The third-order valence-electron chi connectivity index (χ3n) is 4.41. The molecule has 1 aromatic carbocycles. The number of fused-ring (bicyclic) bond motifs is 1. The maximum Gasteiger partial charge on any atom is 0.260 e. The topological polar surface area (TPSA) is 59.9 Å². The summed E-state index contributed by atoms with van der Waals surface area (Å²) in [6, 6.07) is 7.42. The van der Waals surface area contributed by atoms with Crippen molar-refractivity contribution >= 4 is 11.0 Å². The van der Waals surface area contributed by atoms with Crippen LogP contribution in [-0.2, 0) is 0 Å². The molecule has 1 N–H and O–H groups in total. The Hall–Kier alpha value is -3.15. The van der Waals surface area contributed by atoms with Crippen LogP contribution in [0.3, 0.4) is 0 Å². The fourth-order valence-electron chi connectivity index (χ4n) is 3.13. The predicted octanol–water partition coefficient (Wildman–Crippen LogP) is 3.75. The normalized spacial score (nSPS) is 16.9. The first-order valence-corrected chi connectivity index (χ1v) is 7.94. The molecule has 1 unspecified atom stereocenters. The van der Waals surface area contributed by atoms with E-state index in [2.05, 4.69) is 9.97 Å². The lowest BCUT2D eigenvalue weighted by molar-refractivity contribution is 0.415.